The molecule has 1 N–H and O–H groups in total. The Morgan fingerprint density at radius 2 is 1.76 bits per heavy atom. The second-order valence-electron chi connectivity index (χ2n) is 8.50. The van der Waals surface area contributed by atoms with Crippen LogP contribution >= 0.6 is 0 Å². The first-order chi connectivity index (χ1) is 18.0. The summed E-state index contributed by atoms with van der Waals surface area (Å²) < 4.78 is 29.2. The maximum Gasteiger partial charge on any atom is 0.273 e. The normalized spacial score (nSPS) is 13.5. The molecule has 0 atom stereocenters. The Morgan fingerprint density at radius 1 is 1.00 bits per heavy atom. The molecule has 2 heterocycles. The van der Waals surface area contributed by atoms with Gasteiger partial charge in [0.15, 0.2) is 17.3 Å². The topological polar surface area (TPSA) is 110 Å². The summed E-state index contributed by atoms with van der Waals surface area (Å²) in [5.74, 6) is 1.01. The highest BCUT2D eigenvalue weighted by Crippen LogP contribution is 2.31. The van der Waals surface area contributed by atoms with E-state index < -0.39 is 5.56 Å². The van der Waals surface area contributed by atoms with Crippen LogP contribution in [0.25, 0.3) is 11.4 Å². The molecule has 196 valence electrons. The number of rotatable bonds is 10. The summed E-state index contributed by atoms with van der Waals surface area (Å²) >= 11 is 0. The molecule has 0 radical (unpaired) electrons. The lowest BCUT2D eigenvalue weighted by Gasteiger charge is -2.36. The van der Waals surface area contributed by atoms with Gasteiger partial charge in [-0.3, -0.25) is 9.59 Å². The van der Waals surface area contributed by atoms with E-state index in [2.05, 4.69) is 20.1 Å². The van der Waals surface area contributed by atoms with E-state index in [0.29, 0.717) is 62.3 Å². The molecule has 10 nitrogen and oxygen atoms in total. The number of hydrogen-bond donors (Lipinski definition) is 1. The molecule has 1 aliphatic heterocycles. The Hall–Kier alpha value is -3.99. The number of nitrogens with one attached hydrogen (secondary N) is 1. The number of carbonyl (C=O) groups is 1. The van der Waals surface area contributed by atoms with E-state index in [0.717, 1.165) is 5.69 Å². The highest BCUT2D eigenvalue weighted by atomic mass is 19.1. The van der Waals surface area contributed by atoms with Gasteiger partial charge in [-0.1, -0.05) is 0 Å². The summed E-state index contributed by atoms with van der Waals surface area (Å²) in [5, 5.41) is 8.23. The van der Waals surface area contributed by atoms with Crippen LogP contribution in [-0.2, 0) is 16.0 Å². The average molecular weight is 512 g/mol. The van der Waals surface area contributed by atoms with E-state index in [1.54, 1.807) is 42.3 Å². The number of benzene rings is 2. The van der Waals surface area contributed by atoms with Crippen LogP contribution < -0.4 is 19.9 Å². The van der Waals surface area contributed by atoms with E-state index in [-0.39, 0.29) is 30.3 Å². The molecule has 1 amide bonds. The van der Waals surface area contributed by atoms with E-state index in [4.69, 9.17) is 14.2 Å². The molecule has 2 aromatic carbocycles. The standard InChI is InChI=1S/C26H30FN5O5/c1-35-15-16-37-22-9-3-18(17-23(22)36-2)25-28-26(34)21(29-30-25)8-10-24(33)32-13-11-31(12-14-32)20-6-4-19(27)5-7-20/h3-7,9,17H,8,10-16H2,1-2H3,(H,28,30,34). The first kappa shape index (κ1) is 26.1. The number of nitrogens with zero attached hydrogens (tertiary/aromatic N) is 4. The summed E-state index contributed by atoms with van der Waals surface area (Å²) in [4.78, 5) is 32.0. The van der Waals surface area contributed by atoms with Crippen molar-refractivity contribution >= 4 is 11.6 Å². The third kappa shape index (κ3) is 6.62. The van der Waals surface area contributed by atoms with Gasteiger partial charge in [0, 0.05) is 57.4 Å². The third-order valence-corrected chi connectivity index (χ3v) is 6.15. The predicted octanol–water partition coefficient (Wildman–Crippen LogP) is 2.29. The maximum atomic E-state index is 13.2. The fraction of sp³-hybridized carbons (Fsp3) is 0.385. The zero-order valence-corrected chi connectivity index (χ0v) is 20.9. The van der Waals surface area contributed by atoms with Gasteiger partial charge in [-0.05, 0) is 42.5 Å². The first-order valence-electron chi connectivity index (χ1n) is 12.0. The van der Waals surface area contributed by atoms with E-state index >= 15 is 0 Å². The Labute approximate surface area is 214 Å². The SMILES string of the molecule is COCCOc1ccc(-c2nnc(CCC(=O)N3CCN(c4ccc(F)cc4)CC3)c(=O)[nH]2)cc1OC. The van der Waals surface area contributed by atoms with Gasteiger partial charge in [0.05, 0.1) is 13.7 Å². The van der Waals surface area contributed by atoms with Crippen molar-refractivity contribution < 1.29 is 23.4 Å². The van der Waals surface area contributed by atoms with Gasteiger partial charge in [-0.25, -0.2) is 4.39 Å². The molecule has 0 aliphatic carbocycles. The molecular formula is C26H30FN5O5. The zero-order valence-electron chi connectivity index (χ0n) is 20.9. The lowest BCUT2D eigenvalue weighted by molar-refractivity contribution is -0.131. The van der Waals surface area contributed by atoms with Crippen molar-refractivity contribution in [1.29, 1.82) is 0 Å². The van der Waals surface area contributed by atoms with Crippen molar-refractivity contribution in [2.24, 2.45) is 0 Å². The van der Waals surface area contributed by atoms with Crippen molar-refractivity contribution in [2.75, 3.05) is 58.5 Å². The van der Waals surface area contributed by atoms with Gasteiger partial charge >= 0.3 is 0 Å². The number of H-pyrrole nitrogens is 1. The summed E-state index contributed by atoms with van der Waals surface area (Å²) in [7, 11) is 3.12. The Morgan fingerprint density at radius 3 is 2.43 bits per heavy atom. The van der Waals surface area contributed by atoms with Crippen molar-refractivity contribution in [1.82, 2.24) is 20.1 Å². The fourth-order valence-corrected chi connectivity index (χ4v) is 4.07. The number of halogens is 1. The number of aromatic nitrogens is 3. The molecule has 4 rings (SSSR count). The minimum absolute atomic E-state index is 0.0437. The van der Waals surface area contributed by atoms with Crippen LogP contribution in [0.15, 0.2) is 47.3 Å². The van der Waals surface area contributed by atoms with Crippen molar-refractivity contribution in [3.63, 3.8) is 0 Å². The third-order valence-electron chi connectivity index (χ3n) is 6.15. The van der Waals surface area contributed by atoms with Crippen LogP contribution in [0.1, 0.15) is 12.1 Å². The molecule has 1 aromatic heterocycles. The molecule has 11 heteroatoms. The van der Waals surface area contributed by atoms with E-state index in [1.165, 1.54) is 19.2 Å². The molecule has 37 heavy (non-hydrogen) atoms. The number of hydrogen-bond acceptors (Lipinski definition) is 8. The predicted molar refractivity (Wildman–Crippen MR) is 136 cm³/mol. The van der Waals surface area contributed by atoms with Gasteiger partial charge in [0.25, 0.3) is 5.56 Å². The summed E-state index contributed by atoms with van der Waals surface area (Å²) in [6.45, 7) is 3.26. The van der Waals surface area contributed by atoms with Crippen LogP contribution in [0.5, 0.6) is 11.5 Å². The van der Waals surface area contributed by atoms with Crippen molar-refractivity contribution in [2.45, 2.75) is 12.8 Å². The second kappa shape index (κ2) is 12.3. The Bertz CT molecular complexity index is 1260. The second-order valence-corrected chi connectivity index (χ2v) is 8.50. The molecular weight excluding hydrogens is 481 g/mol. The quantitative estimate of drug-likeness (QED) is 0.413. The molecule has 3 aromatic rings. The number of aromatic amines is 1. The van der Waals surface area contributed by atoms with Gasteiger partial charge in [-0.2, -0.15) is 0 Å². The Balaban J connectivity index is 1.32. The van der Waals surface area contributed by atoms with Crippen molar-refractivity contribution in [3.05, 3.63) is 64.3 Å². The van der Waals surface area contributed by atoms with Gasteiger partial charge in [0.2, 0.25) is 5.91 Å². The number of ether oxygens (including phenoxy) is 3. The minimum atomic E-state index is -0.390. The molecule has 0 unspecified atom stereocenters. The molecule has 1 saturated heterocycles. The average Bonchev–Trinajstić information content (AvgIpc) is 2.93. The van der Waals surface area contributed by atoms with Crippen LogP contribution in [-0.4, -0.2) is 79.6 Å². The van der Waals surface area contributed by atoms with Crippen LogP contribution in [0.4, 0.5) is 10.1 Å². The number of methoxy groups -OCH3 is 2. The Kier molecular flexibility index (Phi) is 8.68. The van der Waals surface area contributed by atoms with Gasteiger partial charge < -0.3 is 29.0 Å². The van der Waals surface area contributed by atoms with E-state index in [9.17, 15) is 14.0 Å². The lowest BCUT2D eigenvalue weighted by atomic mass is 10.1. The molecule has 0 saturated carbocycles. The van der Waals surface area contributed by atoms with Crippen LogP contribution in [0.3, 0.4) is 0 Å². The summed E-state index contributed by atoms with van der Waals surface area (Å²) in [5.41, 5.74) is 1.36. The summed E-state index contributed by atoms with van der Waals surface area (Å²) in [6.07, 6.45) is 0.351. The van der Waals surface area contributed by atoms with Crippen LogP contribution in [0.2, 0.25) is 0 Å². The monoisotopic (exact) mass is 511 g/mol. The largest absolute Gasteiger partial charge is 0.493 e. The first-order valence-corrected chi connectivity index (χ1v) is 12.0. The van der Waals surface area contributed by atoms with Crippen LogP contribution in [0, 0.1) is 5.82 Å². The van der Waals surface area contributed by atoms with Gasteiger partial charge in [-0.15, -0.1) is 10.2 Å². The van der Waals surface area contributed by atoms with E-state index in [1.807, 2.05) is 0 Å². The van der Waals surface area contributed by atoms with Crippen molar-refractivity contribution in [3.8, 4) is 22.9 Å². The lowest BCUT2D eigenvalue weighted by Crippen LogP contribution is -2.48. The molecule has 1 aliphatic rings. The number of aryl methyl sites for hydroxylation is 1. The zero-order chi connectivity index (χ0) is 26.2. The number of carbonyl (C=O) groups excluding carboxylic acids is 1. The summed E-state index contributed by atoms with van der Waals surface area (Å²) in [6, 6.07) is 11.5. The number of anilines is 1. The maximum absolute atomic E-state index is 13.2. The highest BCUT2D eigenvalue weighted by molar-refractivity contribution is 5.76. The molecule has 1 fully saturated rings. The molecule has 0 spiro atoms. The molecule has 0 bridgehead atoms. The fourth-order valence-electron chi connectivity index (χ4n) is 4.07. The van der Waals surface area contributed by atoms with Gasteiger partial charge in [0.1, 0.15) is 18.1 Å². The minimum Gasteiger partial charge on any atom is -0.493 e. The highest BCUT2D eigenvalue weighted by Gasteiger charge is 2.22. The smallest absolute Gasteiger partial charge is 0.273 e. The number of piperazine rings is 1. The number of amides is 1.